The molecule has 2 saturated heterocycles. The number of hydrogen-bond donors (Lipinski definition) is 1. The van der Waals surface area contributed by atoms with Gasteiger partial charge in [-0.15, -0.1) is 5.06 Å². The zero-order valence-electron chi connectivity index (χ0n) is 16.8. The van der Waals surface area contributed by atoms with E-state index in [1.165, 1.54) is 0 Å². The number of methoxy groups -OCH3 is 1. The molecular formula is C22H25N3O5. The van der Waals surface area contributed by atoms with Gasteiger partial charge in [0, 0.05) is 44.2 Å². The molecule has 2 aliphatic rings. The number of hydroxylamine groups is 2. The van der Waals surface area contributed by atoms with E-state index in [4.69, 9.17) is 9.57 Å². The maximum atomic E-state index is 12.6. The molecule has 2 fully saturated rings. The lowest BCUT2D eigenvalue weighted by molar-refractivity contribution is -0.195. The van der Waals surface area contributed by atoms with Crippen LogP contribution in [0.15, 0.2) is 54.6 Å². The second-order valence-corrected chi connectivity index (χ2v) is 7.38. The maximum Gasteiger partial charge on any atom is 0.434 e. The predicted molar refractivity (Wildman–Crippen MR) is 110 cm³/mol. The highest BCUT2D eigenvalue weighted by molar-refractivity contribution is 5.81. The van der Waals surface area contributed by atoms with Gasteiger partial charge in [-0.1, -0.05) is 30.3 Å². The van der Waals surface area contributed by atoms with Crippen molar-refractivity contribution in [1.82, 2.24) is 9.96 Å². The summed E-state index contributed by atoms with van der Waals surface area (Å²) in [6.45, 7) is 2.21. The summed E-state index contributed by atoms with van der Waals surface area (Å²) >= 11 is 0. The van der Waals surface area contributed by atoms with Gasteiger partial charge < -0.3 is 24.5 Å². The summed E-state index contributed by atoms with van der Waals surface area (Å²) in [4.78, 5) is 33.9. The first-order valence-corrected chi connectivity index (χ1v) is 9.98. The summed E-state index contributed by atoms with van der Waals surface area (Å²) in [6, 6.07) is 17.0. The molecule has 30 heavy (non-hydrogen) atoms. The van der Waals surface area contributed by atoms with Gasteiger partial charge in [0.1, 0.15) is 5.75 Å². The van der Waals surface area contributed by atoms with Crippen molar-refractivity contribution in [1.29, 1.82) is 0 Å². The number of amides is 2. The number of carbonyl (C=O) groups is 2. The standard InChI is InChI=1S/C22H25N3O5/c1-29-18-9-7-17(8-10-18)23-11-13-24(14-12-23)22(28)30-25-20(26)15-19(21(25)27)16-5-3-2-4-6-16/h2-10,19,21,27H,11-15H2,1H3. The van der Waals surface area contributed by atoms with Crippen LogP contribution in [0.25, 0.3) is 0 Å². The molecule has 0 radical (unpaired) electrons. The Morgan fingerprint density at radius 1 is 1.00 bits per heavy atom. The van der Waals surface area contributed by atoms with E-state index in [1.807, 2.05) is 54.6 Å². The lowest BCUT2D eigenvalue weighted by Crippen LogP contribution is -2.51. The number of piperazine rings is 1. The third-order valence-electron chi connectivity index (χ3n) is 5.62. The van der Waals surface area contributed by atoms with E-state index >= 15 is 0 Å². The minimum absolute atomic E-state index is 0.101. The monoisotopic (exact) mass is 411 g/mol. The van der Waals surface area contributed by atoms with Crippen molar-refractivity contribution in [3.63, 3.8) is 0 Å². The SMILES string of the molecule is COc1ccc(N2CCN(C(=O)ON3C(=O)CC(c4ccccc4)C3O)CC2)cc1. The van der Waals surface area contributed by atoms with Gasteiger partial charge >= 0.3 is 6.09 Å². The number of hydrogen-bond acceptors (Lipinski definition) is 6. The van der Waals surface area contributed by atoms with Crippen LogP contribution in [-0.2, 0) is 9.63 Å². The molecule has 1 N–H and O–H groups in total. The Morgan fingerprint density at radius 2 is 1.67 bits per heavy atom. The summed E-state index contributed by atoms with van der Waals surface area (Å²) in [6.07, 6.45) is -1.71. The molecule has 2 heterocycles. The molecule has 2 unspecified atom stereocenters. The summed E-state index contributed by atoms with van der Waals surface area (Å²) in [5.41, 5.74) is 1.89. The zero-order chi connectivity index (χ0) is 21.1. The Morgan fingerprint density at radius 3 is 2.30 bits per heavy atom. The van der Waals surface area contributed by atoms with E-state index < -0.39 is 24.1 Å². The molecule has 2 amide bonds. The van der Waals surface area contributed by atoms with Gasteiger partial charge in [-0.05, 0) is 29.8 Å². The third kappa shape index (κ3) is 4.04. The van der Waals surface area contributed by atoms with Crippen LogP contribution in [0.2, 0.25) is 0 Å². The topological polar surface area (TPSA) is 82.6 Å². The molecule has 8 heteroatoms. The van der Waals surface area contributed by atoms with Gasteiger partial charge in [0.15, 0.2) is 6.23 Å². The van der Waals surface area contributed by atoms with Crippen molar-refractivity contribution >= 4 is 17.7 Å². The first-order chi connectivity index (χ1) is 14.6. The molecule has 0 saturated carbocycles. The maximum absolute atomic E-state index is 12.6. The first kappa shape index (κ1) is 20.0. The summed E-state index contributed by atoms with van der Waals surface area (Å²) in [5, 5.41) is 11.4. The summed E-state index contributed by atoms with van der Waals surface area (Å²) < 4.78 is 5.18. The highest BCUT2D eigenvalue weighted by Crippen LogP contribution is 2.33. The molecule has 0 aliphatic carbocycles. The molecule has 0 bridgehead atoms. The van der Waals surface area contributed by atoms with Crippen molar-refractivity contribution in [3.8, 4) is 5.75 Å². The Bertz CT molecular complexity index is 881. The summed E-state index contributed by atoms with van der Waals surface area (Å²) in [5.74, 6) is -0.0244. The average Bonchev–Trinajstić information content (AvgIpc) is 3.08. The van der Waals surface area contributed by atoms with Gasteiger partial charge in [-0.2, -0.15) is 0 Å². The lowest BCUT2D eigenvalue weighted by atomic mass is 9.97. The zero-order valence-corrected chi connectivity index (χ0v) is 16.8. The Balaban J connectivity index is 1.33. The quantitative estimate of drug-likeness (QED) is 0.831. The van der Waals surface area contributed by atoms with Crippen molar-refractivity contribution < 1.29 is 24.3 Å². The van der Waals surface area contributed by atoms with Crippen LogP contribution in [0.3, 0.4) is 0 Å². The first-order valence-electron chi connectivity index (χ1n) is 9.98. The number of benzene rings is 2. The third-order valence-corrected chi connectivity index (χ3v) is 5.62. The minimum atomic E-state index is -1.19. The molecule has 4 rings (SSSR count). The van der Waals surface area contributed by atoms with Gasteiger partial charge in [0.2, 0.25) is 0 Å². The van der Waals surface area contributed by atoms with Crippen molar-refractivity contribution in [3.05, 3.63) is 60.2 Å². The Labute approximate surface area is 175 Å². The van der Waals surface area contributed by atoms with Gasteiger partial charge in [-0.3, -0.25) is 4.79 Å². The van der Waals surface area contributed by atoms with Crippen LogP contribution in [0.4, 0.5) is 10.5 Å². The van der Waals surface area contributed by atoms with Crippen molar-refractivity contribution in [2.45, 2.75) is 18.6 Å². The highest BCUT2D eigenvalue weighted by Gasteiger charge is 2.43. The second-order valence-electron chi connectivity index (χ2n) is 7.38. The molecule has 2 aliphatic heterocycles. The van der Waals surface area contributed by atoms with E-state index in [0.29, 0.717) is 26.2 Å². The molecular weight excluding hydrogens is 386 g/mol. The number of aliphatic hydroxyl groups is 1. The van der Waals surface area contributed by atoms with E-state index in [0.717, 1.165) is 22.1 Å². The van der Waals surface area contributed by atoms with Crippen LogP contribution in [0.1, 0.15) is 17.9 Å². The van der Waals surface area contributed by atoms with E-state index in [9.17, 15) is 14.7 Å². The van der Waals surface area contributed by atoms with E-state index in [-0.39, 0.29) is 6.42 Å². The molecule has 0 aromatic heterocycles. The lowest BCUT2D eigenvalue weighted by Gasteiger charge is -2.36. The van der Waals surface area contributed by atoms with Gasteiger partial charge in [0.05, 0.1) is 7.11 Å². The van der Waals surface area contributed by atoms with Crippen LogP contribution in [0.5, 0.6) is 5.75 Å². The normalized spacial score (nSPS) is 21.7. The summed E-state index contributed by atoms with van der Waals surface area (Å²) in [7, 11) is 1.63. The van der Waals surface area contributed by atoms with Gasteiger partial charge in [-0.25, -0.2) is 4.79 Å². The van der Waals surface area contributed by atoms with E-state index in [2.05, 4.69) is 4.90 Å². The van der Waals surface area contributed by atoms with Crippen LogP contribution in [-0.4, -0.2) is 66.6 Å². The largest absolute Gasteiger partial charge is 0.497 e. The van der Waals surface area contributed by atoms with Gasteiger partial charge in [0.25, 0.3) is 5.91 Å². The Hall–Kier alpha value is -3.26. The fraction of sp³-hybridized carbons (Fsp3) is 0.364. The van der Waals surface area contributed by atoms with Crippen molar-refractivity contribution in [2.24, 2.45) is 0 Å². The smallest absolute Gasteiger partial charge is 0.434 e. The molecule has 8 nitrogen and oxygen atoms in total. The fourth-order valence-corrected chi connectivity index (χ4v) is 3.87. The number of ether oxygens (including phenoxy) is 1. The number of nitrogens with zero attached hydrogens (tertiary/aromatic N) is 3. The highest BCUT2D eigenvalue weighted by atomic mass is 16.7. The second kappa shape index (κ2) is 8.62. The molecule has 2 aromatic carbocycles. The van der Waals surface area contributed by atoms with Crippen LogP contribution in [0, 0.1) is 0 Å². The molecule has 158 valence electrons. The Kier molecular flexibility index (Phi) is 5.76. The number of anilines is 1. The molecule has 2 atom stereocenters. The number of aliphatic hydroxyl groups excluding tert-OH is 1. The van der Waals surface area contributed by atoms with Crippen molar-refractivity contribution in [2.75, 3.05) is 38.2 Å². The number of rotatable bonds is 4. The molecule has 2 aromatic rings. The molecule has 0 spiro atoms. The predicted octanol–water partition coefficient (Wildman–Crippen LogP) is 2.20. The van der Waals surface area contributed by atoms with E-state index in [1.54, 1.807) is 12.0 Å². The fourth-order valence-electron chi connectivity index (χ4n) is 3.87. The number of carbonyl (C=O) groups excluding carboxylic acids is 2. The van der Waals surface area contributed by atoms with Crippen LogP contribution >= 0.6 is 0 Å². The average molecular weight is 411 g/mol. The minimum Gasteiger partial charge on any atom is -0.497 e. The van der Waals surface area contributed by atoms with Crippen LogP contribution < -0.4 is 9.64 Å².